The summed E-state index contributed by atoms with van der Waals surface area (Å²) in [6.45, 7) is 10.9. The highest BCUT2D eigenvalue weighted by molar-refractivity contribution is 5.35. The highest BCUT2D eigenvalue weighted by Gasteiger charge is 2.13. The molecule has 0 bridgehead atoms. The Morgan fingerprint density at radius 2 is 1.70 bits per heavy atom. The number of nitrogens with zero attached hydrogens (tertiary/aromatic N) is 2. The number of aryl methyl sites for hydroxylation is 2. The van der Waals surface area contributed by atoms with Gasteiger partial charge in [-0.1, -0.05) is 19.9 Å². The summed E-state index contributed by atoms with van der Waals surface area (Å²) < 4.78 is 5.92. The van der Waals surface area contributed by atoms with Gasteiger partial charge in [0.1, 0.15) is 12.4 Å². The summed E-state index contributed by atoms with van der Waals surface area (Å²) in [5.74, 6) is 1.02. The fourth-order valence-electron chi connectivity index (χ4n) is 2.73. The number of ether oxygens (including phenoxy) is 1. The molecule has 112 valence electrons. The van der Waals surface area contributed by atoms with Gasteiger partial charge in [0, 0.05) is 32.7 Å². The summed E-state index contributed by atoms with van der Waals surface area (Å²) in [6.07, 6.45) is 2.18. The minimum Gasteiger partial charge on any atom is -0.492 e. The van der Waals surface area contributed by atoms with E-state index in [1.54, 1.807) is 0 Å². The molecular weight excluding hydrogens is 248 g/mol. The molecule has 1 saturated heterocycles. The maximum Gasteiger partial charge on any atom is 0.119 e. The van der Waals surface area contributed by atoms with E-state index in [1.807, 2.05) is 0 Å². The molecule has 0 aromatic heterocycles. The lowest BCUT2D eigenvalue weighted by atomic mass is 10.0. The smallest absolute Gasteiger partial charge is 0.119 e. The fraction of sp³-hybridized carbons (Fsp3) is 0.647. The maximum absolute atomic E-state index is 5.92. The monoisotopic (exact) mass is 276 g/mol. The molecule has 0 amide bonds. The summed E-state index contributed by atoms with van der Waals surface area (Å²) in [5, 5.41) is 0. The van der Waals surface area contributed by atoms with Crippen LogP contribution in [0.25, 0.3) is 0 Å². The van der Waals surface area contributed by atoms with Crippen LogP contribution in [0, 0.1) is 0 Å². The van der Waals surface area contributed by atoms with Crippen LogP contribution in [0.4, 0.5) is 0 Å². The molecule has 0 atom stereocenters. The number of rotatable bonds is 6. The van der Waals surface area contributed by atoms with E-state index in [-0.39, 0.29) is 0 Å². The number of likely N-dealkylation sites (N-methyl/N-ethyl adjacent to an activating group) is 1. The Labute approximate surface area is 123 Å². The van der Waals surface area contributed by atoms with Crippen LogP contribution in [0.1, 0.15) is 25.0 Å². The van der Waals surface area contributed by atoms with Crippen molar-refractivity contribution in [2.75, 3.05) is 46.4 Å². The second-order valence-electron chi connectivity index (χ2n) is 5.63. The molecule has 1 aliphatic heterocycles. The third-order valence-electron chi connectivity index (χ3n) is 4.21. The fourth-order valence-corrected chi connectivity index (χ4v) is 2.73. The quantitative estimate of drug-likeness (QED) is 0.794. The van der Waals surface area contributed by atoms with Crippen molar-refractivity contribution in [1.82, 2.24) is 9.80 Å². The Bertz CT molecular complexity index is 411. The molecule has 0 unspecified atom stereocenters. The van der Waals surface area contributed by atoms with Crippen molar-refractivity contribution < 1.29 is 4.74 Å². The van der Waals surface area contributed by atoms with Gasteiger partial charge in [0.25, 0.3) is 0 Å². The lowest BCUT2D eigenvalue weighted by Gasteiger charge is -2.32. The molecule has 0 N–H and O–H groups in total. The zero-order valence-corrected chi connectivity index (χ0v) is 13.2. The van der Waals surface area contributed by atoms with E-state index in [0.29, 0.717) is 0 Å². The first kappa shape index (κ1) is 15.3. The van der Waals surface area contributed by atoms with Gasteiger partial charge >= 0.3 is 0 Å². The van der Waals surface area contributed by atoms with Gasteiger partial charge < -0.3 is 9.64 Å². The Hall–Kier alpha value is -1.06. The van der Waals surface area contributed by atoms with Gasteiger partial charge in [-0.2, -0.15) is 0 Å². The van der Waals surface area contributed by atoms with Crippen LogP contribution < -0.4 is 4.74 Å². The van der Waals surface area contributed by atoms with Gasteiger partial charge in [-0.15, -0.1) is 0 Å². The van der Waals surface area contributed by atoms with E-state index in [9.17, 15) is 0 Å². The van der Waals surface area contributed by atoms with Crippen LogP contribution in [0.5, 0.6) is 5.75 Å². The second kappa shape index (κ2) is 7.65. The minimum absolute atomic E-state index is 0.790. The van der Waals surface area contributed by atoms with Gasteiger partial charge in [0.05, 0.1) is 0 Å². The predicted molar refractivity (Wildman–Crippen MR) is 84.6 cm³/mol. The normalized spacial score (nSPS) is 17.4. The number of hydrogen-bond donors (Lipinski definition) is 0. The third-order valence-corrected chi connectivity index (χ3v) is 4.21. The van der Waals surface area contributed by atoms with E-state index in [2.05, 4.69) is 48.9 Å². The van der Waals surface area contributed by atoms with Crippen LogP contribution in [0.2, 0.25) is 0 Å². The van der Waals surface area contributed by atoms with Crippen LogP contribution in [0.15, 0.2) is 18.2 Å². The Balaban J connectivity index is 1.79. The van der Waals surface area contributed by atoms with E-state index in [0.717, 1.165) is 44.8 Å². The third kappa shape index (κ3) is 4.22. The van der Waals surface area contributed by atoms with Crippen molar-refractivity contribution >= 4 is 0 Å². The zero-order chi connectivity index (χ0) is 14.4. The van der Waals surface area contributed by atoms with Gasteiger partial charge in [-0.3, -0.25) is 4.90 Å². The molecule has 0 saturated carbocycles. The average molecular weight is 276 g/mol. The molecule has 1 aliphatic rings. The van der Waals surface area contributed by atoms with Crippen molar-refractivity contribution in [3.8, 4) is 5.75 Å². The molecule has 2 rings (SSSR count). The lowest BCUT2D eigenvalue weighted by Crippen LogP contribution is -2.45. The Morgan fingerprint density at radius 3 is 2.35 bits per heavy atom. The molecular formula is C17H28N2O. The molecule has 3 nitrogen and oxygen atoms in total. The summed E-state index contributed by atoms with van der Waals surface area (Å²) in [7, 11) is 2.19. The van der Waals surface area contributed by atoms with Gasteiger partial charge in [0.2, 0.25) is 0 Å². The summed E-state index contributed by atoms with van der Waals surface area (Å²) in [4.78, 5) is 4.87. The van der Waals surface area contributed by atoms with E-state index in [1.165, 1.54) is 24.2 Å². The van der Waals surface area contributed by atoms with Crippen LogP contribution in [0.3, 0.4) is 0 Å². The van der Waals surface area contributed by atoms with Gasteiger partial charge in [-0.25, -0.2) is 0 Å². The standard InChI is InChI=1S/C17H28N2O/c1-4-15-6-7-17(14-16(15)5-2)20-13-12-19-10-8-18(3)9-11-19/h6-7,14H,4-5,8-13H2,1-3H3. The molecule has 3 heteroatoms. The molecule has 1 heterocycles. The first-order valence-electron chi connectivity index (χ1n) is 7.88. The summed E-state index contributed by atoms with van der Waals surface area (Å²) >= 11 is 0. The summed E-state index contributed by atoms with van der Waals surface area (Å²) in [5.41, 5.74) is 2.86. The number of benzene rings is 1. The van der Waals surface area contributed by atoms with Crippen molar-refractivity contribution in [3.63, 3.8) is 0 Å². The molecule has 1 aromatic rings. The molecule has 0 spiro atoms. The molecule has 0 aliphatic carbocycles. The van der Waals surface area contributed by atoms with Crippen molar-refractivity contribution in [3.05, 3.63) is 29.3 Å². The number of piperazine rings is 1. The Morgan fingerprint density at radius 1 is 1.00 bits per heavy atom. The van der Waals surface area contributed by atoms with Crippen molar-refractivity contribution in [2.45, 2.75) is 26.7 Å². The van der Waals surface area contributed by atoms with E-state index in [4.69, 9.17) is 4.74 Å². The van der Waals surface area contributed by atoms with Gasteiger partial charge in [0.15, 0.2) is 0 Å². The SMILES string of the molecule is CCc1ccc(OCCN2CCN(C)CC2)cc1CC. The van der Waals surface area contributed by atoms with Crippen LogP contribution >= 0.6 is 0 Å². The first-order chi connectivity index (χ1) is 9.72. The zero-order valence-electron chi connectivity index (χ0n) is 13.2. The Kier molecular flexibility index (Phi) is 5.86. The molecule has 0 radical (unpaired) electrons. The summed E-state index contributed by atoms with van der Waals surface area (Å²) in [6, 6.07) is 6.54. The van der Waals surface area contributed by atoms with Crippen LogP contribution in [-0.2, 0) is 12.8 Å². The first-order valence-corrected chi connectivity index (χ1v) is 7.88. The lowest BCUT2D eigenvalue weighted by molar-refractivity contribution is 0.133. The molecule has 1 aromatic carbocycles. The van der Waals surface area contributed by atoms with E-state index < -0.39 is 0 Å². The van der Waals surface area contributed by atoms with Gasteiger partial charge in [-0.05, 0) is 43.1 Å². The number of hydrogen-bond acceptors (Lipinski definition) is 3. The maximum atomic E-state index is 5.92. The molecule has 1 fully saturated rings. The minimum atomic E-state index is 0.790. The second-order valence-corrected chi connectivity index (χ2v) is 5.63. The highest BCUT2D eigenvalue weighted by atomic mass is 16.5. The predicted octanol–water partition coefficient (Wildman–Crippen LogP) is 2.44. The van der Waals surface area contributed by atoms with Crippen molar-refractivity contribution in [1.29, 1.82) is 0 Å². The molecule has 20 heavy (non-hydrogen) atoms. The topological polar surface area (TPSA) is 15.7 Å². The van der Waals surface area contributed by atoms with Crippen LogP contribution in [-0.4, -0.2) is 56.2 Å². The van der Waals surface area contributed by atoms with Crippen molar-refractivity contribution in [2.24, 2.45) is 0 Å². The average Bonchev–Trinajstić information content (AvgIpc) is 2.49. The van der Waals surface area contributed by atoms with E-state index >= 15 is 0 Å². The largest absolute Gasteiger partial charge is 0.492 e. The highest BCUT2D eigenvalue weighted by Crippen LogP contribution is 2.19.